The van der Waals surface area contributed by atoms with Gasteiger partial charge in [-0.1, -0.05) is 23.7 Å². The third kappa shape index (κ3) is 5.07. The highest BCUT2D eigenvalue weighted by atomic mass is 35.5. The molecule has 168 valence electrons. The molecule has 1 aromatic carbocycles. The lowest BCUT2D eigenvalue weighted by molar-refractivity contribution is -0.122. The first-order valence-electron chi connectivity index (χ1n) is 10.1. The van der Waals surface area contributed by atoms with Gasteiger partial charge in [0.1, 0.15) is 23.3 Å². The number of nitrogens with one attached hydrogen (secondary N) is 2. The number of anilines is 1. The van der Waals surface area contributed by atoms with Crippen LogP contribution in [0, 0.1) is 0 Å². The Kier molecular flexibility index (Phi) is 6.09. The van der Waals surface area contributed by atoms with Crippen molar-refractivity contribution < 1.29 is 14.3 Å². The molecule has 33 heavy (non-hydrogen) atoms. The van der Waals surface area contributed by atoms with Crippen molar-refractivity contribution in [2.45, 2.75) is 19.0 Å². The van der Waals surface area contributed by atoms with Crippen molar-refractivity contribution in [3.8, 4) is 17.4 Å². The maximum atomic E-state index is 13.2. The number of rotatable bonds is 8. The molecule has 1 amide bonds. The van der Waals surface area contributed by atoms with Crippen LogP contribution in [0.3, 0.4) is 0 Å². The van der Waals surface area contributed by atoms with Gasteiger partial charge in [-0.3, -0.25) is 9.36 Å². The van der Waals surface area contributed by atoms with Crippen molar-refractivity contribution in [3.05, 3.63) is 76.1 Å². The summed E-state index contributed by atoms with van der Waals surface area (Å²) >= 11 is 7.80. The van der Waals surface area contributed by atoms with Gasteiger partial charge in [-0.25, -0.2) is 9.97 Å². The lowest BCUT2D eigenvalue weighted by atomic mass is 10.1. The van der Waals surface area contributed by atoms with E-state index in [2.05, 4.69) is 25.6 Å². The summed E-state index contributed by atoms with van der Waals surface area (Å²) in [7, 11) is 0. The number of halogens is 1. The predicted molar refractivity (Wildman–Crippen MR) is 124 cm³/mol. The lowest BCUT2D eigenvalue weighted by Crippen LogP contribution is -2.41. The van der Waals surface area contributed by atoms with Crippen molar-refractivity contribution in [1.29, 1.82) is 0 Å². The number of imidazole rings is 1. The number of ether oxygens (including phenoxy) is 2. The number of nitrogens with zero attached hydrogens (tertiary/aromatic N) is 4. The quantitative estimate of drug-likeness (QED) is 0.371. The summed E-state index contributed by atoms with van der Waals surface area (Å²) < 4.78 is 12.4. The molecule has 5 rings (SSSR count). The molecule has 0 aliphatic carbocycles. The molecule has 0 bridgehead atoms. The summed E-state index contributed by atoms with van der Waals surface area (Å²) in [6.45, 7) is 0.559. The fourth-order valence-electron chi connectivity index (χ4n) is 3.35. The van der Waals surface area contributed by atoms with Crippen molar-refractivity contribution in [2.75, 3.05) is 12.1 Å². The van der Waals surface area contributed by atoms with Gasteiger partial charge in [-0.15, -0.1) is 11.3 Å². The van der Waals surface area contributed by atoms with E-state index < -0.39 is 6.04 Å². The molecule has 0 radical (unpaired) electrons. The molecule has 2 N–H and O–H groups in total. The van der Waals surface area contributed by atoms with Crippen LogP contribution in [-0.2, 0) is 17.8 Å². The van der Waals surface area contributed by atoms with E-state index >= 15 is 0 Å². The normalized spacial score (nSPS) is 13.0. The van der Waals surface area contributed by atoms with Crippen LogP contribution in [0.1, 0.15) is 10.4 Å². The first kappa shape index (κ1) is 21.2. The molecular weight excluding hydrogens is 464 g/mol. The Hall–Kier alpha value is -3.63. The Morgan fingerprint density at radius 3 is 2.94 bits per heavy atom. The largest absolute Gasteiger partial charge is 0.454 e. The Bertz CT molecular complexity index is 1250. The number of hydrogen-bond donors (Lipinski definition) is 2. The van der Waals surface area contributed by atoms with Crippen LogP contribution in [0.2, 0.25) is 5.15 Å². The molecular formula is C22H19ClN6O3S. The second kappa shape index (κ2) is 9.47. The number of carbonyl (C=O) groups excluding carboxylic acids is 1. The van der Waals surface area contributed by atoms with Gasteiger partial charge in [-0.05, 0) is 29.1 Å². The first-order valence-corrected chi connectivity index (χ1v) is 11.4. The Morgan fingerprint density at radius 1 is 1.21 bits per heavy atom. The van der Waals surface area contributed by atoms with Crippen LogP contribution in [0.4, 0.5) is 5.82 Å². The monoisotopic (exact) mass is 482 g/mol. The molecule has 11 heteroatoms. The molecule has 4 aromatic rings. The van der Waals surface area contributed by atoms with Crippen LogP contribution in [0.25, 0.3) is 5.95 Å². The maximum Gasteiger partial charge on any atom is 0.243 e. The molecule has 3 aromatic heterocycles. The number of aromatic nitrogens is 4. The molecule has 0 unspecified atom stereocenters. The minimum Gasteiger partial charge on any atom is -0.454 e. The molecule has 0 saturated heterocycles. The molecule has 0 fully saturated rings. The molecule has 0 spiro atoms. The number of fused-ring (bicyclic) bond motifs is 1. The van der Waals surface area contributed by atoms with E-state index in [1.165, 1.54) is 0 Å². The lowest BCUT2D eigenvalue weighted by Gasteiger charge is -2.19. The fraction of sp³-hybridized carbons (Fsp3) is 0.182. The summed E-state index contributed by atoms with van der Waals surface area (Å²) in [4.78, 5) is 27.0. The van der Waals surface area contributed by atoms with Crippen LogP contribution >= 0.6 is 22.9 Å². The summed E-state index contributed by atoms with van der Waals surface area (Å²) in [5.74, 6) is 2.02. The maximum absolute atomic E-state index is 13.2. The standard InChI is InChI=1S/C22H19ClN6O3S/c23-19-10-20(28-22(27-19)29-6-5-24-12-29)26-16(9-15-2-1-7-33-15)21(30)25-11-14-3-4-17-18(8-14)32-13-31-17/h1-8,10,12,16H,9,11,13H2,(H,25,30)(H,26,27,28)/t16-/m0/s1. The van der Waals surface area contributed by atoms with Crippen LogP contribution < -0.4 is 20.1 Å². The molecule has 0 saturated carbocycles. The van der Waals surface area contributed by atoms with E-state index in [0.29, 0.717) is 36.2 Å². The van der Waals surface area contributed by atoms with E-state index in [-0.39, 0.29) is 17.9 Å². The summed E-state index contributed by atoms with van der Waals surface area (Å²) in [5, 5.41) is 8.45. The van der Waals surface area contributed by atoms with Gasteiger partial charge in [0.05, 0.1) is 0 Å². The van der Waals surface area contributed by atoms with Crippen molar-refractivity contribution >= 4 is 34.7 Å². The molecule has 1 atom stereocenters. The highest BCUT2D eigenvalue weighted by Crippen LogP contribution is 2.32. The predicted octanol–water partition coefficient (Wildman–Crippen LogP) is 3.45. The van der Waals surface area contributed by atoms with E-state index in [1.807, 2.05) is 35.7 Å². The SMILES string of the molecule is O=C(NCc1ccc2c(c1)OCO2)[C@H](Cc1cccs1)Nc1cc(Cl)nc(-n2ccnc2)n1. The highest BCUT2D eigenvalue weighted by molar-refractivity contribution is 7.09. The summed E-state index contributed by atoms with van der Waals surface area (Å²) in [6.07, 6.45) is 5.42. The van der Waals surface area contributed by atoms with Crippen molar-refractivity contribution in [2.24, 2.45) is 0 Å². The zero-order valence-corrected chi connectivity index (χ0v) is 18.8. The fourth-order valence-corrected chi connectivity index (χ4v) is 4.28. The van der Waals surface area contributed by atoms with Crippen molar-refractivity contribution in [3.63, 3.8) is 0 Å². The molecule has 1 aliphatic heterocycles. The average molecular weight is 483 g/mol. The van der Waals surface area contributed by atoms with Gasteiger partial charge in [0.15, 0.2) is 11.5 Å². The second-order valence-corrected chi connectivity index (χ2v) is 8.65. The van der Waals surface area contributed by atoms with E-state index in [1.54, 1.807) is 40.7 Å². The van der Waals surface area contributed by atoms with E-state index in [0.717, 1.165) is 10.4 Å². The summed E-state index contributed by atoms with van der Waals surface area (Å²) in [6, 6.07) is 10.6. The molecule has 9 nitrogen and oxygen atoms in total. The topological polar surface area (TPSA) is 103 Å². The minimum atomic E-state index is -0.570. The average Bonchev–Trinajstić information content (AvgIpc) is 3.59. The first-order chi connectivity index (χ1) is 16.1. The summed E-state index contributed by atoms with van der Waals surface area (Å²) in [5.41, 5.74) is 0.912. The smallest absolute Gasteiger partial charge is 0.243 e. The number of benzene rings is 1. The third-order valence-corrected chi connectivity index (χ3v) is 6.04. The van der Waals surface area contributed by atoms with Gasteiger partial charge in [0.25, 0.3) is 0 Å². The van der Waals surface area contributed by atoms with E-state index in [9.17, 15) is 4.79 Å². The zero-order chi connectivity index (χ0) is 22.6. The van der Waals surface area contributed by atoms with Crippen LogP contribution in [0.15, 0.2) is 60.5 Å². The van der Waals surface area contributed by atoms with Gasteiger partial charge in [-0.2, -0.15) is 4.98 Å². The third-order valence-electron chi connectivity index (χ3n) is 4.95. The van der Waals surface area contributed by atoms with Crippen LogP contribution in [0.5, 0.6) is 11.5 Å². The van der Waals surface area contributed by atoms with Gasteiger partial charge >= 0.3 is 0 Å². The Labute approximate surface area is 198 Å². The molecule has 1 aliphatic rings. The minimum absolute atomic E-state index is 0.167. The molecule has 4 heterocycles. The van der Waals surface area contributed by atoms with Crippen molar-refractivity contribution in [1.82, 2.24) is 24.8 Å². The van der Waals surface area contributed by atoms with Gasteiger partial charge in [0.2, 0.25) is 18.6 Å². The van der Waals surface area contributed by atoms with E-state index in [4.69, 9.17) is 21.1 Å². The highest BCUT2D eigenvalue weighted by Gasteiger charge is 2.21. The second-order valence-electron chi connectivity index (χ2n) is 7.23. The number of carbonyl (C=O) groups is 1. The van der Waals surface area contributed by atoms with Gasteiger partial charge in [0, 0.05) is 36.3 Å². The zero-order valence-electron chi connectivity index (χ0n) is 17.3. The number of amides is 1. The number of thiophene rings is 1. The number of hydrogen-bond acceptors (Lipinski definition) is 8. The van der Waals surface area contributed by atoms with Gasteiger partial charge < -0.3 is 20.1 Å². The Balaban J connectivity index is 1.33. The Morgan fingerprint density at radius 2 is 2.12 bits per heavy atom. The van der Waals surface area contributed by atoms with Crippen LogP contribution in [-0.4, -0.2) is 38.3 Å².